The molecule has 1 heterocycles. The van der Waals surface area contributed by atoms with Crippen molar-refractivity contribution in [3.8, 4) is 0 Å². The van der Waals surface area contributed by atoms with Gasteiger partial charge in [0.25, 0.3) is 0 Å². The van der Waals surface area contributed by atoms with Crippen molar-refractivity contribution in [2.24, 2.45) is 11.1 Å². The quantitative estimate of drug-likeness (QED) is 0.609. The van der Waals surface area contributed by atoms with Gasteiger partial charge in [0.15, 0.2) is 0 Å². The average molecular weight is 239 g/mol. The third-order valence-corrected chi connectivity index (χ3v) is 3.51. The second kappa shape index (κ2) is 3.54. The summed E-state index contributed by atoms with van der Waals surface area (Å²) < 4.78 is 0. The molecule has 0 radical (unpaired) electrons. The summed E-state index contributed by atoms with van der Waals surface area (Å²) in [5, 5.41) is 2.11. The summed E-state index contributed by atoms with van der Waals surface area (Å²) in [7, 11) is 0. The van der Waals surface area contributed by atoms with Crippen molar-refractivity contribution >= 4 is 23.8 Å². The molecule has 1 saturated heterocycles. The van der Waals surface area contributed by atoms with Crippen LogP contribution in [0.1, 0.15) is 26.2 Å². The van der Waals surface area contributed by atoms with Crippen LogP contribution >= 0.6 is 0 Å². The van der Waals surface area contributed by atoms with Crippen molar-refractivity contribution in [1.82, 2.24) is 10.2 Å². The Kier molecular flexibility index (Phi) is 2.41. The molecule has 1 aliphatic heterocycles. The number of amides is 5. The maximum absolute atomic E-state index is 12.1. The van der Waals surface area contributed by atoms with E-state index in [1.807, 2.05) is 0 Å². The number of carbonyl (C=O) groups excluding carboxylic acids is 4. The number of nitrogens with one attached hydrogen (secondary N) is 1. The molecule has 1 atom stereocenters. The highest BCUT2D eigenvalue weighted by atomic mass is 16.2. The van der Waals surface area contributed by atoms with Gasteiger partial charge >= 0.3 is 6.03 Å². The standard InChI is InChI=1S/C10H13N3O4/c1-5(6(11)14)13-8(16)10(3-2-4-10)7(15)12-9(13)17/h5H,2-4H2,1H3,(H2,11,14)(H,12,15,17). The average Bonchev–Trinajstić information content (AvgIpc) is 2.14. The smallest absolute Gasteiger partial charge is 0.331 e. The number of nitrogens with zero attached hydrogens (tertiary/aromatic N) is 1. The minimum atomic E-state index is -1.16. The molecule has 2 rings (SSSR count). The maximum Gasteiger partial charge on any atom is 0.331 e. The molecule has 1 saturated carbocycles. The molecule has 17 heavy (non-hydrogen) atoms. The lowest BCUT2D eigenvalue weighted by molar-refractivity contribution is -0.160. The molecule has 2 aliphatic rings. The van der Waals surface area contributed by atoms with Crippen LogP contribution < -0.4 is 11.1 Å². The lowest BCUT2D eigenvalue weighted by atomic mass is 9.66. The fourth-order valence-corrected chi connectivity index (χ4v) is 2.15. The van der Waals surface area contributed by atoms with Gasteiger partial charge in [-0.1, -0.05) is 6.42 Å². The van der Waals surface area contributed by atoms with Crippen LogP contribution in [0.15, 0.2) is 0 Å². The van der Waals surface area contributed by atoms with E-state index in [2.05, 4.69) is 5.32 Å². The molecule has 2 fully saturated rings. The number of carbonyl (C=O) groups is 4. The van der Waals surface area contributed by atoms with E-state index >= 15 is 0 Å². The fraction of sp³-hybridized carbons (Fsp3) is 0.600. The molecule has 1 spiro atoms. The van der Waals surface area contributed by atoms with Crippen LogP contribution in [0.2, 0.25) is 0 Å². The highest BCUT2D eigenvalue weighted by Gasteiger charge is 2.58. The van der Waals surface area contributed by atoms with Crippen molar-refractivity contribution in [1.29, 1.82) is 0 Å². The second-order valence-corrected chi connectivity index (χ2v) is 4.45. The monoisotopic (exact) mass is 239 g/mol. The van der Waals surface area contributed by atoms with Crippen molar-refractivity contribution in [3.05, 3.63) is 0 Å². The van der Waals surface area contributed by atoms with E-state index in [1.54, 1.807) is 0 Å². The van der Waals surface area contributed by atoms with Gasteiger partial charge in [0.2, 0.25) is 17.7 Å². The molecule has 7 nitrogen and oxygen atoms in total. The first kappa shape index (κ1) is 11.6. The molecule has 0 aromatic heterocycles. The minimum absolute atomic E-state index is 0.410. The highest BCUT2D eigenvalue weighted by molar-refractivity contribution is 6.20. The number of imide groups is 2. The van der Waals surface area contributed by atoms with Crippen LogP contribution in [0.25, 0.3) is 0 Å². The zero-order valence-corrected chi connectivity index (χ0v) is 9.36. The molecule has 3 N–H and O–H groups in total. The van der Waals surface area contributed by atoms with Crippen molar-refractivity contribution in [2.45, 2.75) is 32.2 Å². The summed E-state index contributed by atoms with van der Waals surface area (Å²) >= 11 is 0. The van der Waals surface area contributed by atoms with E-state index < -0.39 is 35.2 Å². The molecule has 0 aromatic rings. The summed E-state index contributed by atoms with van der Waals surface area (Å²) in [5.41, 5.74) is 3.92. The van der Waals surface area contributed by atoms with Gasteiger partial charge in [-0.25, -0.2) is 4.79 Å². The van der Waals surface area contributed by atoms with Gasteiger partial charge in [0.05, 0.1) is 0 Å². The maximum atomic E-state index is 12.1. The Morgan fingerprint density at radius 3 is 2.41 bits per heavy atom. The Labute approximate surface area is 97.3 Å². The SMILES string of the molecule is CC(C(N)=O)N1C(=O)NC(=O)C2(CCC2)C1=O. The molecule has 5 amide bonds. The largest absolute Gasteiger partial charge is 0.368 e. The van der Waals surface area contributed by atoms with Gasteiger partial charge in [0, 0.05) is 0 Å². The normalized spacial score (nSPS) is 24.3. The van der Waals surface area contributed by atoms with Crippen LogP contribution in [0.3, 0.4) is 0 Å². The summed E-state index contributed by atoms with van der Waals surface area (Å²) in [5.74, 6) is -1.95. The number of rotatable bonds is 2. The van der Waals surface area contributed by atoms with Crippen LogP contribution in [0.4, 0.5) is 4.79 Å². The number of hydrogen-bond acceptors (Lipinski definition) is 4. The van der Waals surface area contributed by atoms with E-state index in [1.165, 1.54) is 6.92 Å². The lowest BCUT2D eigenvalue weighted by Gasteiger charge is -2.45. The topological polar surface area (TPSA) is 110 Å². The molecule has 0 bridgehead atoms. The van der Waals surface area contributed by atoms with Gasteiger partial charge in [-0.2, -0.15) is 0 Å². The Morgan fingerprint density at radius 1 is 1.41 bits per heavy atom. The molecular weight excluding hydrogens is 226 g/mol. The number of hydrogen-bond donors (Lipinski definition) is 2. The fourth-order valence-electron chi connectivity index (χ4n) is 2.15. The Balaban J connectivity index is 2.33. The molecule has 0 aromatic carbocycles. The third-order valence-electron chi connectivity index (χ3n) is 3.51. The van der Waals surface area contributed by atoms with Crippen molar-refractivity contribution in [3.63, 3.8) is 0 Å². The zero-order valence-electron chi connectivity index (χ0n) is 9.36. The van der Waals surface area contributed by atoms with E-state index in [-0.39, 0.29) is 0 Å². The van der Waals surface area contributed by atoms with Crippen molar-refractivity contribution < 1.29 is 19.2 Å². The first-order chi connectivity index (χ1) is 7.90. The molecule has 92 valence electrons. The minimum Gasteiger partial charge on any atom is -0.368 e. The van der Waals surface area contributed by atoms with Crippen molar-refractivity contribution in [2.75, 3.05) is 0 Å². The molecule has 7 heteroatoms. The van der Waals surface area contributed by atoms with Crippen LogP contribution in [-0.2, 0) is 14.4 Å². The van der Waals surface area contributed by atoms with E-state index in [9.17, 15) is 19.2 Å². The summed E-state index contributed by atoms with van der Waals surface area (Å²) in [6.07, 6.45) is 1.58. The summed E-state index contributed by atoms with van der Waals surface area (Å²) in [6.45, 7) is 1.36. The van der Waals surface area contributed by atoms with E-state index in [0.717, 1.165) is 11.3 Å². The summed E-state index contributed by atoms with van der Waals surface area (Å²) in [4.78, 5) is 47.2. The van der Waals surface area contributed by atoms with Gasteiger partial charge < -0.3 is 5.73 Å². The number of primary amides is 1. The molecule has 1 aliphatic carbocycles. The van der Waals surface area contributed by atoms with Gasteiger partial charge in [-0.3, -0.25) is 24.6 Å². The number of urea groups is 1. The molecule has 1 unspecified atom stereocenters. The first-order valence-corrected chi connectivity index (χ1v) is 5.38. The Bertz CT molecular complexity index is 427. The van der Waals surface area contributed by atoms with Crippen LogP contribution in [-0.4, -0.2) is 34.7 Å². The predicted octanol–water partition coefficient (Wildman–Crippen LogP) is -0.891. The molecular formula is C10H13N3O4. The second-order valence-electron chi connectivity index (χ2n) is 4.45. The first-order valence-electron chi connectivity index (χ1n) is 5.38. The number of nitrogens with two attached hydrogens (primary N) is 1. The zero-order chi connectivity index (χ0) is 12.8. The van der Waals surface area contributed by atoms with Crippen LogP contribution in [0, 0.1) is 5.41 Å². The van der Waals surface area contributed by atoms with E-state index in [0.29, 0.717) is 12.8 Å². The Hall–Kier alpha value is -1.92. The van der Waals surface area contributed by atoms with Gasteiger partial charge in [-0.15, -0.1) is 0 Å². The lowest BCUT2D eigenvalue weighted by Crippen LogP contribution is -2.69. The van der Waals surface area contributed by atoms with E-state index in [4.69, 9.17) is 5.73 Å². The Morgan fingerprint density at radius 2 is 2.00 bits per heavy atom. The number of barbiturate groups is 1. The predicted molar refractivity (Wildman–Crippen MR) is 55.3 cm³/mol. The third kappa shape index (κ3) is 1.42. The van der Waals surface area contributed by atoms with Gasteiger partial charge in [0.1, 0.15) is 11.5 Å². The van der Waals surface area contributed by atoms with Gasteiger partial charge in [-0.05, 0) is 19.8 Å². The highest BCUT2D eigenvalue weighted by Crippen LogP contribution is 2.44. The van der Waals surface area contributed by atoms with Crippen LogP contribution in [0.5, 0.6) is 0 Å². The summed E-state index contributed by atoms with van der Waals surface area (Å²) in [6, 6.07) is -1.92.